The van der Waals surface area contributed by atoms with Gasteiger partial charge in [0.15, 0.2) is 0 Å². The number of imidazole rings is 1. The number of carbonyl (C=O) groups is 1. The van der Waals surface area contributed by atoms with Crippen LogP contribution in [0.25, 0.3) is 11.3 Å². The van der Waals surface area contributed by atoms with Crippen LogP contribution in [0, 0.1) is 6.92 Å². The lowest BCUT2D eigenvalue weighted by atomic mass is 10.1. The van der Waals surface area contributed by atoms with E-state index in [1.165, 1.54) is 0 Å². The van der Waals surface area contributed by atoms with Crippen LogP contribution in [0.3, 0.4) is 0 Å². The van der Waals surface area contributed by atoms with Crippen LogP contribution in [0.5, 0.6) is 0 Å². The molecule has 0 aliphatic rings. The average Bonchev–Trinajstić information content (AvgIpc) is 3.22. The summed E-state index contributed by atoms with van der Waals surface area (Å²) in [5.41, 5.74) is 1.95. The molecular weight excluding hydrogens is 292 g/mol. The molecule has 1 N–H and O–H groups in total. The van der Waals surface area contributed by atoms with Crippen molar-refractivity contribution in [1.82, 2.24) is 20.0 Å². The number of amides is 1. The SMILES string of the molecule is Cc1onc(-c2ccccc2)c1C(=O)NCCCn1ccnc1. The summed E-state index contributed by atoms with van der Waals surface area (Å²) in [5, 5.41) is 6.95. The fraction of sp³-hybridized carbons (Fsp3) is 0.235. The van der Waals surface area contributed by atoms with Gasteiger partial charge in [0.2, 0.25) is 0 Å². The molecule has 3 rings (SSSR count). The Morgan fingerprint density at radius 1 is 1.30 bits per heavy atom. The van der Waals surface area contributed by atoms with Crippen molar-refractivity contribution in [3.8, 4) is 11.3 Å². The van der Waals surface area contributed by atoms with E-state index in [-0.39, 0.29) is 5.91 Å². The Morgan fingerprint density at radius 3 is 2.87 bits per heavy atom. The van der Waals surface area contributed by atoms with Gasteiger partial charge >= 0.3 is 0 Å². The zero-order valence-corrected chi connectivity index (χ0v) is 12.9. The first-order valence-electron chi connectivity index (χ1n) is 7.51. The van der Waals surface area contributed by atoms with Crippen LogP contribution in [-0.4, -0.2) is 27.2 Å². The maximum atomic E-state index is 12.5. The van der Waals surface area contributed by atoms with Crippen LogP contribution < -0.4 is 5.32 Å². The van der Waals surface area contributed by atoms with E-state index in [9.17, 15) is 4.79 Å². The van der Waals surface area contributed by atoms with E-state index in [1.807, 2.05) is 41.1 Å². The molecule has 118 valence electrons. The third-order valence-corrected chi connectivity index (χ3v) is 3.57. The van der Waals surface area contributed by atoms with Gasteiger partial charge < -0.3 is 14.4 Å². The van der Waals surface area contributed by atoms with Crippen LogP contribution >= 0.6 is 0 Å². The van der Waals surface area contributed by atoms with Gasteiger partial charge in [-0.3, -0.25) is 4.79 Å². The first kappa shape index (κ1) is 15.0. The molecule has 0 unspecified atom stereocenters. The number of benzene rings is 1. The lowest BCUT2D eigenvalue weighted by molar-refractivity contribution is 0.0952. The quantitative estimate of drug-likeness (QED) is 0.710. The predicted molar refractivity (Wildman–Crippen MR) is 85.9 cm³/mol. The fourth-order valence-electron chi connectivity index (χ4n) is 2.40. The maximum Gasteiger partial charge on any atom is 0.257 e. The Bertz CT molecular complexity index is 763. The van der Waals surface area contributed by atoms with Crippen LogP contribution in [-0.2, 0) is 6.54 Å². The predicted octanol–water partition coefficient (Wildman–Crippen LogP) is 2.67. The Balaban J connectivity index is 1.64. The number of hydrogen-bond acceptors (Lipinski definition) is 4. The zero-order chi connectivity index (χ0) is 16.1. The first-order chi connectivity index (χ1) is 11.3. The summed E-state index contributed by atoms with van der Waals surface area (Å²) < 4.78 is 7.19. The highest BCUT2D eigenvalue weighted by Crippen LogP contribution is 2.24. The van der Waals surface area contributed by atoms with Gasteiger partial charge in [-0.25, -0.2) is 4.98 Å². The summed E-state index contributed by atoms with van der Waals surface area (Å²) in [4.78, 5) is 16.4. The molecule has 1 aromatic carbocycles. The molecule has 6 heteroatoms. The molecule has 2 heterocycles. The molecular formula is C17H18N4O2. The highest BCUT2D eigenvalue weighted by atomic mass is 16.5. The summed E-state index contributed by atoms with van der Waals surface area (Å²) in [6.07, 6.45) is 6.23. The van der Waals surface area contributed by atoms with Gasteiger partial charge in [-0.1, -0.05) is 35.5 Å². The van der Waals surface area contributed by atoms with Crippen molar-refractivity contribution in [2.24, 2.45) is 0 Å². The summed E-state index contributed by atoms with van der Waals surface area (Å²) >= 11 is 0. The number of aromatic nitrogens is 3. The minimum absolute atomic E-state index is 0.159. The smallest absolute Gasteiger partial charge is 0.257 e. The Kier molecular flexibility index (Phi) is 4.52. The van der Waals surface area contributed by atoms with E-state index in [0.29, 0.717) is 23.6 Å². The monoisotopic (exact) mass is 310 g/mol. The topological polar surface area (TPSA) is 73.0 Å². The van der Waals surface area contributed by atoms with Crippen molar-refractivity contribution in [3.63, 3.8) is 0 Å². The Hall–Kier alpha value is -2.89. The molecule has 0 spiro atoms. The molecule has 0 atom stereocenters. The van der Waals surface area contributed by atoms with Crippen molar-refractivity contribution < 1.29 is 9.32 Å². The number of hydrogen-bond donors (Lipinski definition) is 1. The standard InChI is InChI=1S/C17H18N4O2/c1-13-15(16(20-23-13)14-6-3-2-4-7-14)17(22)19-8-5-10-21-11-9-18-12-21/h2-4,6-7,9,11-12H,5,8,10H2,1H3,(H,19,22). The third-order valence-electron chi connectivity index (χ3n) is 3.57. The molecule has 23 heavy (non-hydrogen) atoms. The Morgan fingerprint density at radius 2 is 2.13 bits per heavy atom. The van der Waals surface area contributed by atoms with Crippen LogP contribution in [0.2, 0.25) is 0 Å². The molecule has 0 bridgehead atoms. The van der Waals surface area contributed by atoms with E-state index >= 15 is 0 Å². The minimum Gasteiger partial charge on any atom is -0.360 e. The van der Waals surface area contributed by atoms with Crippen molar-refractivity contribution in [2.45, 2.75) is 19.9 Å². The van der Waals surface area contributed by atoms with Crippen LogP contribution in [0.4, 0.5) is 0 Å². The normalized spacial score (nSPS) is 10.7. The molecule has 1 amide bonds. The second-order valence-corrected chi connectivity index (χ2v) is 5.24. The number of nitrogens with zero attached hydrogens (tertiary/aromatic N) is 3. The zero-order valence-electron chi connectivity index (χ0n) is 12.9. The number of carbonyl (C=O) groups excluding carboxylic acids is 1. The van der Waals surface area contributed by atoms with Gasteiger partial charge in [-0.15, -0.1) is 0 Å². The van der Waals surface area contributed by atoms with Gasteiger partial charge in [0.1, 0.15) is 17.0 Å². The maximum absolute atomic E-state index is 12.5. The summed E-state index contributed by atoms with van der Waals surface area (Å²) in [5.74, 6) is 0.365. The Labute approximate surface area is 134 Å². The van der Waals surface area contributed by atoms with Crippen molar-refractivity contribution in [2.75, 3.05) is 6.54 Å². The highest BCUT2D eigenvalue weighted by molar-refractivity contribution is 6.00. The molecule has 3 aromatic rings. The van der Waals surface area contributed by atoms with Gasteiger partial charge in [0, 0.05) is 31.0 Å². The summed E-state index contributed by atoms with van der Waals surface area (Å²) in [7, 11) is 0. The van der Waals surface area contributed by atoms with Crippen LogP contribution in [0.15, 0.2) is 53.6 Å². The number of aryl methyl sites for hydroxylation is 2. The largest absolute Gasteiger partial charge is 0.360 e. The van der Waals surface area contributed by atoms with Gasteiger partial charge in [-0.05, 0) is 13.3 Å². The van der Waals surface area contributed by atoms with Crippen molar-refractivity contribution in [3.05, 3.63) is 60.4 Å². The molecule has 0 aliphatic carbocycles. The second-order valence-electron chi connectivity index (χ2n) is 5.24. The van der Waals surface area contributed by atoms with E-state index in [2.05, 4.69) is 15.5 Å². The van der Waals surface area contributed by atoms with E-state index in [4.69, 9.17) is 4.52 Å². The third kappa shape index (κ3) is 3.48. The summed E-state index contributed by atoms with van der Waals surface area (Å²) in [6, 6.07) is 9.56. The number of rotatable bonds is 6. The van der Waals surface area contributed by atoms with Gasteiger partial charge in [0.05, 0.1) is 6.33 Å². The van der Waals surface area contributed by atoms with Crippen molar-refractivity contribution >= 4 is 5.91 Å². The van der Waals surface area contributed by atoms with E-state index in [0.717, 1.165) is 18.5 Å². The van der Waals surface area contributed by atoms with Crippen LogP contribution in [0.1, 0.15) is 22.5 Å². The second kappa shape index (κ2) is 6.91. The van der Waals surface area contributed by atoms with E-state index < -0.39 is 0 Å². The van der Waals surface area contributed by atoms with Gasteiger partial charge in [0.25, 0.3) is 5.91 Å². The molecule has 0 fully saturated rings. The van der Waals surface area contributed by atoms with Crippen molar-refractivity contribution in [1.29, 1.82) is 0 Å². The average molecular weight is 310 g/mol. The molecule has 2 aromatic heterocycles. The lowest BCUT2D eigenvalue weighted by Crippen LogP contribution is -2.26. The highest BCUT2D eigenvalue weighted by Gasteiger charge is 2.20. The van der Waals surface area contributed by atoms with Gasteiger partial charge in [-0.2, -0.15) is 0 Å². The number of nitrogens with one attached hydrogen (secondary N) is 1. The first-order valence-corrected chi connectivity index (χ1v) is 7.51. The van der Waals surface area contributed by atoms with E-state index in [1.54, 1.807) is 19.4 Å². The molecule has 0 saturated heterocycles. The lowest BCUT2D eigenvalue weighted by Gasteiger charge is -2.06. The summed E-state index contributed by atoms with van der Waals surface area (Å²) in [6.45, 7) is 3.14. The minimum atomic E-state index is -0.159. The fourth-order valence-corrected chi connectivity index (χ4v) is 2.40. The molecule has 0 saturated carbocycles. The molecule has 0 aliphatic heterocycles. The molecule has 0 radical (unpaired) electrons. The molecule has 6 nitrogen and oxygen atoms in total.